The number of nitrogens with one attached hydrogen (secondary N) is 2. The number of pyridine rings is 1. The summed E-state index contributed by atoms with van der Waals surface area (Å²) in [5.74, 6) is -0.918. The number of ether oxygens (including phenoxy) is 2. The van der Waals surface area contributed by atoms with Gasteiger partial charge in [0.2, 0.25) is 6.41 Å². The summed E-state index contributed by atoms with van der Waals surface area (Å²) < 4.78 is 57.7. The van der Waals surface area contributed by atoms with Gasteiger partial charge in [0, 0.05) is 71.6 Å². The lowest BCUT2D eigenvalue weighted by molar-refractivity contribution is -0.136. The molecular formula is C54H66F3N9O7. The third kappa shape index (κ3) is 15.1. The number of amides is 3. The van der Waals surface area contributed by atoms with Crippen molar-refractivity contribution in [1.82, 2.24) is 29.0 Å². The standard InChI is InChI=1S/C48H53F3N8O6.C4H8.C2H5NO/c1-4-7-38(30-60)59-45(61)40-10-6-11-42(44(40)46(59)62)53-26-34-12-14-35(15-13-34)31-64-22-23-65-39-17-20-56(21-18-39)27-36-25-41(48(49,50)51)43-29-57(47(63)58(43)28-36)37-9-5-8-33(24-37)16-19-55(3)32-54-52-2;1-2-4-3-1;1-3-2-4/h5-6,8-15,24-25,28-30,32,38-39,53H,2,4,7,16-23,26-27,31H2,1,3H3;1-4H2;2H,1H3,(H,3,4)/b54-32-;;. The van der Waals surface area contributed by atoms with Gasteiger partial charge in [-0.25, -0.2) is 4.79 Å². The zero-order chi connectivity index (χ0) is 52.3. The minimum Gasteiger partial charge on any atom is -0.380 e. The lowest BCUT2D eigenvalue weighted by Gasteiger charge is -2.32. The van der Waals surface area contributed by atoms with Crippen LogP contribution in [0.5, 0.6) is 0 Å². The van der Waals surface area contributed by atoms with Crippen molar-refractivity contribution in [2.45, 2.75) is 103 Å². The largest absolute Gasteiger partial charge is 0.418 e. The maximum Gasteiger partial charge on any atom is 0.418 e. The molecule has 1 atom stereocenters. The average Bonchev–Trinajstić information content (AvgIpc) is 3.84. The number of imidazole rings is 1. The third-order valence-corrected chi connectivity index (χ3v) is 12.8. The second-order valence-electron chi connectivity index (χ2n) is 18.2. The van der Waals surface area contributed by atoms with Crippen molar-refractivity contribution >= 4 is 48.8 Å². The molecule has 390 valence electrons. The molecule has 8 rings (SSSR count). The number of benzene rings is 3. The molecule has 3 aromatic carbocycles. The van der Waals surface area contributed by atoms with E-state index in [4.69, 9.17) is 14.3 Å². The number of carbonyl (C=O) groups is 4. The number of hydrogen-bond donors (Lipinski definition) is 2. The number of aromatic nitrogens is 2. The summed E-state index contributed by atoms with van der Waals surface area (Å²) >= 11 is 0. The molecule has 1 saturated heterocycles. The van der Waals surface area contributed by atoms with Crippen LogP contribution in [0.4, 0.5) is 18.9 Å². The summed E-state index contributed by atoms with van der Waals surface area (Å²) in [5.41, 5.74) is 3.16. The smallest absolute Gasteiger partial charge is 0.380 e. The molecular weight excluding hydrogens is 944 g/mol. The maximum absolute atomic E-state index is 14.5. The van der Waals surface area contributed by atoms with Crippen LogP contribution < -0.4 is 16.3 Å². The van der Waals surface area contributed by atoms with Crippen molar-refractivity contribution in [2.24, 2.45) is 10.2 Å². The molecule has 3 amide bonds. The van der Waals surface area contributed by atoms with Crippen LogP contribution in [0, 0.1) is 0 Å². The molecule has 73 heavy (non-hydrogen) atoms. The van der Waals surface area contributed by atoms with Crippen LogP contribution in [0.2, 0.25) is 0 Å². The van der Waals surface area contributed by atoms with Gasteiger partial charge in [-0.3, -0.25) is 33.2 Å². The second-order valence-corrected chi connectivity index (χ2v) is 18.2. The fourth-order valence-electron chi connectivity index (χ4n) is 8.56. The van der Waals surface area contributed by atoms with E-state index in [1.165, 1.54) is 42.6 Å². The van der Waals surface area contributed by atoms with Crippen molar-refractivity contribution in [3.05, 3.63) is 135 Å². The van der Waals surface area contributed by atoms with E-state index in [9.17, 15) is 32.3 Å². The first-order valence-electron chi connectivity index (χ1n) is 24.7. The summed E-state index contributed by atoms with van der Waals surface area (Å²) in [5, 5.41) is 12.7. The van der Waals surface area contributed by atoms with Gasteiger partial charge in [0.1, 0.15) is 12.6 Å². The Morgan fingerprint density at radius 3 is 2.23 bits per heavy atom. The van der Waals surface area contributed by atoms with E-state index >= 15 is 0 Å². The third-order valence-electron chi connectivity index (χ3n) is 12.8. The fraction of sp³-hybridized carbons (Fsp3) is 0.426. The minimum absolute atomic E-state index is 0.00920. The zero-order valence-electron chi connectivity index (χ0n) is 41.8. The Morgan fingerprint density at radius 2 is 1.59 bits per heavy atom. The first kappa shape index (κ1) is 55.4. The highest BCUT2D eigenvalue weighted by Crippen LogP contribution is 2.35. The molecule has 0 bridgehead atoms. The zero-order valence-corrected chi connectivity index (χ0v) is 41.8. The Balaban J connectivity index is 0.00000100. The number of hydrogen-bond acceptors (Lipinski definition) is 11. The topological polar surface area (TPSA) is 172 Å². The van der Waals surface area contributed by atoms with Crippen LogP contribution in [0.1, 0.15) is 107 Å². The number of anilines is 1. The number of carbonyl (C=O) groups excluding carboxylic acids is 4. The lowest BCUT2D eigenvalue weighted by Crippen LogP contribution is -2.40. The number of halogens is 3. The van der Waals surface area contributed by atoms with E-state index in [1.54, 1.807) is 49.8 Å². The highest BCUT2D eigenvalue weighted by molar-refractivity contribution is 6.24. The van der Waals surface area contributed by atoms with Crippen LogP contribution >= 0.6 is 0 Å². The molecule has 0 radical (unpaired) electrons. The van der Waals surface area contributed by atoms with Crippen LogP contribution in [-0.4, -0.2) is 120 Å². The van der Waals surface area contributed by atoms with E-state index < -0.39 is 35.3 Å². The summed E-state index contributed by atoms with van der Waals surface area (Å²) in [7, 11) is 3.40. The van der Waals surface area contributed by atoms with Gasteiger partial charge in [0.05, 0.1) is 59.9 Å². The van der Waals surface area contributed by atoms with Gasteiger partial charge < -0.3 is 29.8 Å². The average molecular weight is 1010 g/mol. The summed E-state index contributed by atoms with van der Waals surface area (Å²) in [6, 6.07) is 20.5. The van der Waals surface area contributed by atoms with Crippen LogP contribution in [0.3, 0.4) is 0 Å². The summed E-state index contributed by atoms with van der Waals surface area (Å²) in [6.07, 6.45) is 10.0. The van der Waals surface area contributed by atoms with Gasteiger partial charge in [-0.15, -0.1) is 5.10 Å². The van der Waals surface area contributed by atoms with E-state index in [1.807, 2.05) is 49.2 Å². The Bertz CT molecular complexity index is 2720. The highest BCUT2D eigenvalue weighted by atomic mass is 19.4. The highest BCUT2D eigenvalue weighted by Gasteiger charge is 2.41. The minimum atomic E-state index is -4.67. The number of likely N-dealkylation sites (N-methyl/N-ethyl adjacent to an activating group) is 1. The molecule has 1 unspecified atom stereocenters. The number of alkyl halides is 3. The lowest BCUT2D eigenvalue weighted by atomic mass is 10.0. The van der Waals surface area contributed by atoms with Gasteiger partial charge in [0.25, 0.3) is 11.8 Å². The van der Waals surface area contributed by atoms with Crippen molar-refractivity contribution in [1.29, 1.82) is 0 Å². The Hall–Kier alpha value is -6.96. The molecule has 2 aliphatic heterocycles. The molecule has 2 N–H and O–H groups in total. The maximum atomic E-state index is 14.5. The first-order valence-corrected chi connectivity index (χ1v) is 24.7. The van der Waals surface area contributed by atoms with Crippen LogP contribution in [0.25, 0.3) is 11.2 Å². The molecule has 19 heteroatoms. The van der Waals surface area contributed by atoms with Crippen molar-refractivity contribution in [3.8, 4) is 5.69 Å². The molecule has 0 spiro atoms. The number of rotatable bonds is 22. The summed E-state index contributed by atoms with van der Waals surface area (Å²) in [6.45, 7) is 8.90. The van der Waals surface area contributed by atoms with E-state index in [2.05, 4.69) is 32.5 Å². The quantitative estimate of drug-likeness (QED) is 0.0173. The van der Waals surface area contributed by atoms with Crippen LogP contribution in [0.15, 0.2) is 100 Å². The number of nitrogens with zero attached hydrogens (tertiary/aromatic N) is 7. The molecule has 2 aromatic heterocycles. The van der Waals surface area contributed by atoms with E-state index in [-0.39, 0.29) is 29.3 Å². The predicted molar refractivity (Wildman–Crippen MR) is 275 cm³/mol. The number of piperidine rings is 1. The second kappa shape index (κ2) is 27.2. The van der Waals surface area contributed by atoms with Gasteiger partial charge in [-0.05, 0) is 78.3 Å². The van der Waals surface area contributed by atoms with Crippen molar-refractivity contribution in [2.75, 3.05) is 52.3 Å². The van der Waals surface area contributed by atoms with Crippen molar-refractivity contribution < 1.29 is 41.8 Å². The summed E-state index contributed by atoms with van der Waals surface area (Å²) in [4.78, 5) is 65.6. The molecule has 5 aromatic rings. The van der Waals surface area contributed by atoms with Gasteiger partial charge in [-0.1, -0.05) is 81.5 Å². The molecule has 3 aliphatic rings. The SMILES string of the molecule is C1CCC1.C=N/N=C\N(C)CCc1cccc(-n2cc3c(C(F)(F)F)cc(CN4CCC(OCCOCc5ccc(CNc6cccc7c6C(=O)N(C(C=O)CCC)C7=O)cc5)CC4)cn3c2=O)c1.CNC=O. The Labute approximate surface area is 423 Å². The number of imide groups is 1. The van der Waals surface area contributed by atoms with E-state index in [0.29, 0.717) is 108 Å². The molecule has 4 heterocycles. The number of likely N-dealkylation sites (tertiary alicyclic amines) is 1. The van der Waals surface area contributed by atoms with Gasteiger partial charge >= 0.3 is 11.9 Å². The first-order chi connectivity index (χ1) is 35.3. The van der Waals surface area contributed by atoms with Crippen LogP contribution in [-0.2, 0) is 51.4 Å². The monoisotopic (exact) mass is 1010 g/mol. The Kier molecular flexibility index (Phi) is 20.6. The van der Waals surface area contributed by atoms with Gasteiger partial charge in [0.15, 0.2) is 0 Å². The van der Waals surface area contributed by atoms with Gasteiger partial charge in [-0.2, -0.15) is 18.3 Å². The number of aldehydes is 1. The fourth-order valence-corrected chi connectivity index (χ4v) is 8.56. The molecule has 2 fully saturated rings. The Morgan fingerprint density at radius 1 is 0.890 bits per heavy atom. The number of fused-ring (bicyclic) bond motifs is 2. The molecule has 1 aliphatic carbocycles. The molecule has 16 nitrogen and oxygen atoms in total. The predicted octanol–water partition coefficient (Wildman–Crippen LogP) is 7.92. The normalized spacial score (nSPS) is 15.2. The van der Waals surface area contributed by atoms with E-state index in [0.717, 1.165) is 32.1 Å². The van der Waals surface area contributed by atoms with Crippen molar-refractivity contribution in [3.63, 3.8) is 0 Å². The molecule has 1 saturated carbocycles.